The molecule has 3 aromatic rings. The lowest BCUT2D eigenvalue weighted by molar-refractivity contribution is 0.0340. The Morgan fingerprint density at radius 3 is 2.72 bits per heavy atom. The van der Waals surface area contributed by atoms with Gasteiger partial charge in [-0.25, -0.2) is 0 Å². The molecule has 5 nitrogen and oxygen atoms in total. The van der Waals surface area contributed by atoms with E-state index in [2.05, 4.69) is 41.3 Å². The standard InChI is InChI=1S/C24H25N3O2/c28-24-23-19(16-26-12-14-29-15-13-26)5-3-6-20(23)17-27(24)11-10-21-9-8-18-4-1-2-7-22(18)25-21/h1-9H,10-17H2. The van der Waals surface area contributed by atoms with E-state index in [1.807, 2.05) is 23.1 Å². The van der Waals surface area contributed by atoms with Crippen LogP contribution in [-0.2, 0) is 24.2 Å². The van der Waals surface area contributed by atoms with Crippen LogP contribution in [-0.4, -0.2) is 53.5 Å². The maximum absolute atomic E-state index is 13.2. The molecule has 0 unspecified atom stereocenters. The van der Waals surface area contributed by atoms with Gasteiger partial charge in [-0.1, -0.05) is 42.5 Å². The molecule has 5 rings (SSSR count). The molecule has 0 bridgehead atoms. The van der Waals surface area contributed by atoms with Crippen molar-refractivity contribution in [1.29, 1.82) is 0 Å². The number of morpholine rings is 1. The van der Waals surface area contributed by atoms with Gasteiger partial charge in [-0.15, -0.1) is 0 Å². The summed E-state index contributed by atoms with van der Waals surface area (Å²) in [5.74, 6) is 0.157. The first kappa shape index (κ1) is 18.3. The third-order valence-electron chi connectivity index (χ3n) is 5.89. The van der Waals surface area contributed by atoms with E-state index < -0.39 is 0 Å². The average Bonchev–Trinajstić information content (AvgIpc) is 3.09. The molecule has 0 saturated carbocycles. The summed E-state index contributed by atoms with van der Waals surface area (Å²) in [6.07, 6.45) is 0.767. The van der Waals surface area contributed by atoms with Gasteiger partial charge in [-0.2, -0.15) is 0 Å². The van der Waals surface area contributed by atoms with Crippen molar-refractivity contribution in [2.24, 2.45) is 0 Å². The molecule has 1 saturated heterocycles. The summed E-state index contributed by atoms with van der Waals surface area (Å²) < 4.78 is 5.45. The van der Waals surface area contributed by atoms with E-state index >= 15 is 0 Å². The summed E-state index contributed by atoms with van der Waals surface area (Å²) >= 11 is 0. The molecule has 3 heterocycles. The molecule has 0 atom stereocenters. The van der Waals surface area contributed by atoms with E-state index in [0.29, 0.717) is 13.1 Å². The van der Waals surface area contributed by atoms with Crippen molar-refractivity contribution in [3.63, 3.8) is 0 Å². The number of amides is 1. The lowest BCUT2D eigenvalue weighted by Gasteiger charge is -2.27. The molecular weight excluding hydrogens is 362 g/mol. The van der Waals surface area contributed by atoms with Gasteiger partial charge in [0.05, 0.1) is 18.7 Å². The van der Waals surface area contributed by atoms with Crippen molar-refractivity contribution in [2.75, 3.05) is 32.8 Å². The number of rotatable bonds is 5. The highest BCUT2D eigenvalue weighted by Crippen LogP contribution is 2.27. The lowest BCUT2D eigenvalue weighted by atomic mass is 10.0. The first-order chi connectivity index (χ1) is 14.3. The van der Waals surface area contributed by atoms with Gasteiger partial charge >= 0.3 is 0 Å². The van der Waals surface area contributed by atoms with Crippen LogP contribution in [0, 0.1) is 0 Å². The van der Waals surface area contributed by atoms with Crippen LogP contribution >= 0.6 is 0 Å². The van der Waals surface area contributed by atoms with Crippen molar-refractivity contribution < 1.29 is 9.53 Å². The first-order valence-electron chi connectivity index (χ1n) is 10.3. The molecule has 1 fully saturated rings. The number of para-hydroxylation sites is 1. The summed E-state index contributed by atoms with van der Waals surface area (Å²) in [4.78, 5) is 22.2. The summed E-state index contributed by atoms with van der Waals surface area (Å²) in [5.41, 5.74) is 5.23. The molecule has 1 amide bonds. The Bertz CT molecular complexity index is 1040. The van der Waals surface area contributed by atoms with Gasteiger partial charge in [-0.05, 0) is 23.3 Å². The molecule has 0 N–H and O–H groups in total. The highest BCUT2D eigenvalue weighted by atomic mass is 16.5. The van der Waals surface area contributed by atoms with Gasteiger partial charge in [0.1, 0.15) is 0 Å². The third kappa shape index (κ3) is 3.76. The predicted octanol–water partition coefficient (Wildman–Crippen LogP) is 3.27. The van der Waals surface area contributed by atoms with E-state index in [9.17, 15) is 4.79 Å². The van der Waals surface area contributed by atoms with Crippen LogP contribution in [0.5, 0.6) is 0 Å². The molecule has 0 aliphatic carbocycles. The number of aromatic nitrogens is 1. The van der Waals surface area contributed by atoms with Gasteiger partial charge in [0.25, 0.3) is 5.91 Å². The molecule has 2 aliphatic heterocycles. The second-order valence-corrected chi connectivity index (χ2v) is 7.81. The second kappa shape index (κ2) is 7.93. The van der Waals surface area contributed by atoms with Crippen LogP contribution in [0.4, 0.5) is 0 Å². The number of nitrogens with zero attached hydrogens (tertiary/aromatic N) is 3. The molecule has 2 aromatic carbocycles. The van der Waals surface area contributed by atoms with Gasteiger partial charge in [0, 0.05) is 55.8 Å². The fraction of sp³-hybridized carbons (Fsp3) is 0.333. The number of hydrogen-bond acceptors (Lipinski definition) is 4. The Morgan fingerprint density at radius 1 is 0.966 bits per heavy atom. The molecule has 29 heavy (non-hydrogen) atoms. The number of fused-ring (bicyclic) bond motifs is 2. The van der Waals surface area contributed by atoms with Gasteiger partial charge in [0.15, 0.2) is 0 Å². The Labute approximate surface area is 170 Å². The zero-order valence-electron chi connectivity index (χ0n) is 16.5. The second-order valence-electron chi connectivity index (χ2n) is 7.81. The molecule has 0 radical (unpaired) electrons. The number of hydrogen-bond donors (Lipinski definition) is 0. The number of ether oxygens (including phenoxy) is 1. The summed E-state index contributed by atoms with van der Waals surface area (Å²) in [7, 11) is 0. The van der Waals surface area contributed by atoms with E-state index in [0.717, 1.165) is 72.6 Å². The van der Waals surface area contributed by atoms with Gasteiger partial charge in [-0.3, -0.25) is 14.7 Å². The monoisotopic (exact) mass is 387 g/mol. The minimum Gasteiger partial charge on any atom is -0.379 e. The van der Waals surface area contributed by atoms with E-state index in [1.165, 1.54) is 0 Å². The molecule has 2 aliphatic rings. The highest BCUT2D eigenvalue weighted by Gasteiger charge is 2.30. The minimum atomic E-state index is 0.157. The Kier molecular flexibility index (Phi) is 5.00. The summed E-state index contributed by atoms with van der Waals surface area (Å²) in [5, 5.41) is 1.15. The topological polar surface area (TPSA) is 45.7 Å². The molecular formula is C24H25N3O2. The maximum Gasteiger partial charge on any atom is 0.254 e. The Balaban J connectivity index is 1.29. The third-order valence-corrected chi connectivity index (χ3v) is 5.89. The van der Waals surface area contributed by atoms with Crippen molar-refractivity contribution in [1.82, 2.24) is 14.8 Å². The highest BCUT2D eigenvalue weighted by molar-refractivity contribution is 5.99. The first-order valence-corrected chi connectivity index (χ1v) is 10.3. The van der Waals surface area contributed by atoms with Crippen LogP contribution in [0.2, 0.25) is 0 Å². The molecule has 1 aromatic heterocycles. The van der Waals surface area contributed by atoms with E-state index in [-0.39, 0.29) is 5.91 Å². The van der Waals surface area contributed by atoms with Crippen LogP contribution in [0.25, 0.3) is 10.9 Å². The Hall–Kier alpha value is -2.76. The number of carbonyl (C=O) groups is 1. The lowest BCUT2D eigenvalue weighted by Crippen LogP contribution is -2.36. The van der Waals surface area contributed by atoms with Crippen LogP contribution in [0.1, 0.15) is 27.2 Å². The number of benzene rings is 2. The molecule has 148 valence electrons. The quantitative estimate of drug-likeness (QED) is 0.674. The van der Waals surface area contributed by atoms with E-state index in [1.54, 1.807) is 0 Å². The number of carbonyl (C=O) groups excluding carboxylic acids is 1. The smallest absolute Gasteiger partial charge is 0.254 e. The van der Waals surface area contributed by atoms with Crippen molar-refractivity contribution in [3.05, 3.63) is 77.0 Å². The predicted molar refractivity (Wildman–Crippen MR) is 113 cm³/mol. The SMILES string of the molecule is O=C1c2c(CN3CCOCC3)cccc2CN1CCc1ccc2ccccc2n1. The summed E-state index contributed by atoms with van der Waals surface area (Å²) in [6, 6.07) is 18.6. The van der Waals surface area contributed by atoms with Crippen molar-refractivity contribution in [3.8, 4) is 0 Å². The van der Waals surface area contributed by atoms with Crippen molar-refractivity contribution >= 4 is 16.8 Å². The fourth-order valence-electron chi connectivity index (χ4n) is 4.30. The van der Waals surface area contributed by atoms with Crippen LogP contribution in [0.3, 0.4) is 0 Å². The molecule has 5 heteroatoms. The maximum atomic E-state index is 13.2. The van der Waals surface area contributed by atoms with Gasteiger partial charge < -0.3 is 9.64 Å². The number of pyridine rings is 1. The zero-order chi connectivity index (χ0) is 19.6. The Morgan fingerprint density at radius 2 is 1.83 bits per heavy atom. The summed E-state index contributed by atoms with van der Waals surface area (Å²) in [6.45, 7) is 5.60. The average molecular weight is 387 g/mol. The zero-order valence-corrected chi connectivity index (χ0v) is 16.5. The van der Waals surface area contributed by atoms with Crippen LogP contribution in [0.15, 0.2) is 54.6 Å². The largest absolute Gasteiger partial charge is 0.379 e. The minimum absolute atomic E-state index is 0.157. The molecule has 0 spiro atoms. The normalized spacial score (nSPS) is 17.1. The fourth-order valence-corrected chi connectivity index (χ4v) is 4.30. The van der Waals surface area contributed by atoms with Gasteiger partial charge in [0.2, 0.25) is 0 Å². The van der Waals surface area contributed by atoms with Crippen molar-refractivity contribution in [2.45, 2.75) is 19.5 Å². The van der Waals surface area contributed by atoms with Crippen LogP contribution < -0.4 is 0 Å². The van der Waals surface area contributed by atoms with E-state index in [4.69, 9.17) is 9.72 Å².